The largest absolute Gasteiger partial charge is 0.443 e. The van der Waals surface area contributed by atoms with Crippen LogP contribution in [0.1, 0.15) is 46.1 Å². The molecule has 1 aliphatic rings. The fourth-order valence-corrected chi connectivity index (χ4v) is 2.94. The van der Waals surface area contributed by atoms with E-state index in [4.69, 9.17) is 4.74 Å². The number of likely N-dealkylation sites (tertiary alicyclic amines) is 1. The lowest BCUT2D eigenvalue weighted by atomic mass is 9.75. The summed E-state index contributed by atoms with van der Waals surface area (Å²) in [6.07, 6.45) is 0.949. The number of ether oxygens (including phenoxy) is 1. The minimum atomic E-state index is -0.685. The van der Waals surface area contributed by atoms with Crippen LogP contribution >= 0.6 is 15.9 Å². The van der Waals surface area contributed by atoms with E-state index < -0.39 is 17.1 Å². The van der Waals surface area contributed by atoms with Gasteiger partial charge in [-0.15, -0.1) is 0 Å². The van der Waals surface area contributed by atoms with E-state index in [-0.39, 0.29) is 5.91 Å². The molecule has 1 heterocycles. The van der Waals surface area contributed by atoms with Gasteiger partial charge in [-0.3, -0.25) is 4.79 Å². The van der Waals surface area contributed by atoms with Gasteiger partial charge in [0.1, 0.15) is 5.60 Å². The summed E-state index contributed by atoms with van der Waals surface area (Å²) in [5.41, 5.74) is -0.368. The number of nitrogens with zero attached hydrogens (tertiary/aromatic N) is 1. The average molecular weight is 368 g/mol. The van der Waals surface area contributed by atoms with Gasteiger partial charge in [0.15, 0.2) is 0 Å². The summed E-state index contributed by atoms with van der Waals surface area (Å²) in [5.74, 6) is -0.185. The van der Waals surface area contributed by atoms with Gasteiger partial charge in [0.05, 0.1) is 5.41 Å². The summed E-state index contributed by atoms with van der Waals surface area (Å²) in [6, 6.07) is 7.70. The molecule has 0 bridgehead atoms. The Balaban J connectivity index is 2.26. The number of benzene rings is 1. The maximum Gasteiger partial charge on any atom is 0.417 e. The summed E-state index contributed by atoms with van der Waals surface area (Å²) in [4.78, 5) is 26.4. The average Bonchev–Trinajstić information content (AvgIpc) is 2.40. The third-order valence-corrected chi connectivity index (χ3v) is 4.40. The van der Waals surface area contributed by atoms with E-state index in [1.54, 1.807) is 20.8 Å². The van der Waals surface area contributed by atoms with E-state index in [0.717, 1.165) is 22.9 Å². The summed E-state index contributed by atoms with van der Waals surface area (Å²) >= 11 is 3.40. The van der Waals surface area contributed by atoms with Gasteiger partial charge in [-0.05, 0) is 58.2 Å². The van der Waals surface area contributed by atoms with Crippen LogP contribution in [0.5, 0.6) is 0 Å². The molecule has 4 nitrogen and oxygen atoms in total. The highest BCUT2D eigenvalue weighted by atomic mass is 79.9. The van der Waals surface area contributed by atoms with Crippen LogP contribution in [0.15, 0.2) is 28.7 Å². The predicted octanol–water partition coefficient (Wildman–Crippen LogP) is 4.26. The van der Waals surface area contributed by atoms with Crippen molar-refractivity contribution in [2.45, 2.75) is 51.6 Å². The Morgan fingerprint density at radius 3 is 2.41 bits per heavy atom. The van der Waals surface area contributed by atoms with Crippen molar-refractivity contribution in [1.82, 2.24) is 4.90 Å². The van der Waals surface area contributed by atoms with Crippen LogP contribution < -0.4 is 0 Å². The van der Waals surface area contributed by atoms with Crippen LogP contribution in [0.2, 0.25) is 0 Å². The zero-order valence-corrected chi connectivity index (χ0v) is 15.1. The molecule has 120 valence electrons. The number of carbonyl (C=O) groups is 2. The van der Waals surface area contributed by atoms with Gasteiger partial charge < -0.3 is 4.74 Å². The number of amides is 2. The lowest BCUT2D eigenvalue weighted by Crippen LogP contribution is -2.53. The summed E-state index contributed by atoms with van der Waals surface area (Å²) in [6.45, 7) is 7.71. The molecule has 2 amide bonds. The normalized spacial score (nSPS) is 22.6. The molecule has 1 aromatic rings. The molecule has 5 heteroatoms. The van der Waals surface area contributed by atoms with Crippen molar-refractivity contribution in [2.75, 3.05) is 6.54 Å². The molecule has 22 heavy (non-hydrogen) atoms. The molecule has 1 aromatic carbocycles. The van der Waals surface area contributed by atoms with E-state index >= 15 is 0 Å². The highest BCUT2D eigenvalue weighted by Gasteiger charge is 2.44. The first kappa shape index (κ1) is 17.0. The molecular formula is C17H22BrNO3. The summed E-state index contributed by atoms with van der Waals surface area (Å²) in [7, 11) is 0. The number of imide groups is 1. The molecule has 1 aliphatic heterocycles. The van der Waals surface area contributed by atoms with Gasteiger partial charge >= 0.3 is 6.09 Å². The Bertz CT molecular complexity index is 577. The first-order valence-electron chi connectivity index (χ1n) is 7.44. The van der Waals surface area contributed by atoms with Crippen molar-refractivity contribution < 1.29 is 14.3 Å². The van der Waals surface area contributed by atoms with E-state index in [1.807, 2.05) is 31.2 Å². The second kappa shape index (κ2) is 6.03. The Kier molecular flexibility index (Phi) is 4.66. The molecule has 1 unspecified atom stereocenters. The molecule has 1 saturated heterocycles. The van der Waals surface area contributed by atoms with Gasteiger partial charge in [0.2, 0.25) is 5.91 Å². The van der Waals surface area contributed by atoms with Crippen LogP contribution in [-0.2, 0) is 14.9 Å². The molecule has 2 rings (SSSR count). The second-order valence-corrected chi connectivity index (χ2v) is 7.80. The fourth-order valence-electron chi connectivity index (χ4n) is 2.67. The maximum atomic E-state index is 12.9. The monoisotopic (exact) mass is 367 g/mol. The zero-order valence-electron chi connectivity index (χ0n) is 13.5. The maximum absolute atomic E-state index is 12.9. The van der Waals surface area contributed by atoms with Crippen molar-refractivity contribution in [3.63, 3.8) is 0 Å². The summed E-state index contributed by atoms with van der Waals surface area (Å²) in [5, 5.41) is 0. The van der Waals surface area contributed by atoms with Gasteiger partial charge in [0, 0.05) is 11.0 Å². The van der Waals surface area contributed by atoms with Crippen molar-refractivity contribution in [2.24, 2.45) is 0 Å². The van der Waals surface area contributed by atoms with Gasteiger partial charge in [-0.2, -0.15) is 0 Å². The first-order valence-corrected chi connectivity index (χ1v) is 8.24. The molecule has 0 radical (unpaired) electrons. The number of piperidine rings is 1. The molecule has 0 saturated carbocycles. The van der Waals surface area contributed by atoms with Crippen molar-refractivity contribution in [1.29, 1.82) is 0 Å². The SMILES string of the molecule is CC(C)(C)OC(=O)N1CCCC(C)(c2ccc(Br)cc2)C1=O. The lowest BCUT2D eigenvalue weighted by molar-refractivity contribution is -0.138. The van der Waals surface area contributed by atoms with Crippen LogP contribution in [0.4, 0.5) is 4.79 Å². The van der Waals surface area contributed by atoms with Crippen LogP contribution in [0, 0.1) is 0 Å². The zero-order chi connectivity index (χ0) is 16.5. The minimum absolute atomic E-state index is 0.185. The molecule has 0 aromatic heterocycles. The smallest absolute Gasteiger partial charge is 0.417 e. The van der Waals surface area contributed by atoms with Crippen LogP contribution in [-0.4, -0.2) is 29.0 Å². The number of hydrogen-bond donors (Lipinski definition) is 0. The second-order valence-electron chi connectivity index (χ2n) is 6.88. The number of hydrogen-bond acceptors (Lipinski definition) is 3. The standard InChI is InChI=1S/C17H22BrNO3/c1-16(2,3)22-15(21)19-11-5-10-17(4,14(19)20)12-6-8-13(18)9-7-12/h6-9H,5,10-11H2,1-4H3. The number of halogens is 1. The van der Waals surface area contributed by atoms with Crippen molar-refractivity contribution >= 4 is 27.9 Å². The van der Waals surface area contributed by atoms with Crippen molar-refractivity contribution in [3.8, 4) is 0 Å². The lowest BCUT2D eigenvalue weighted by Gasteiger charge is -2.39. The number of carbonyl (C=O) groups excluding carboxylic acids is 2. The Morgan fingerprint density at radius 1 is 1.27 bits per heavy atom. The Labute approximate surface area is 140 Å². The molecular weight excluding hydrogens is 346 g/mol. The van der Waals surface area contributed by atoms with E-state index in [9.17, 15) is 9.59 Å². The third kappa shape index (κ3) is 3.51. The molecule has 0 aliphatic carbocycles. The van der Waals surface area contributed by atoms with E-state index in [1.165, 1.54) is 4.90 Å². The highest BCUT2D eigenvalue weighted by molar-refractivity contribution is 9.10. The molecule has 0 spiro atoms. The minimum Gasteiger partial charge on any atom is -0.443 e. The Morgan fingerprint density at radius 2 is 1.86 bits per heavy atom. The highest BCUT2D eigenvalue weighted by Crippen LogP contribution is 2.36. The topological polar surface area (TPSA) is 46.6 Å². The quantitative estimate of drug-likeness (QED) is 0.744. The van der Waals surface area contributed by atoms with E-state index in [0.29, 0.717) is 6.54 Å². The van der Waals surface area contributed by atoms with Crippen LogP contribution in [0.25, 0.3) is 0 Å². The molecule has 0 N–H and O–H groups in total. The van der Waals surface area contributed by atoms with Gasteiger partial charge in [-0.1, -0.05) is 28.1 Å². The van der Waals surface area contributed by atoms with Gasteiger partial charge in [0.25, 0.3) is 0 Å². The number of rotatable bonds is 1. The third-order valence-electron chi connectivity index (χ3n) is 3.87. The molecule has 1 atom stereocenters. The first-order chi connectivity index (χ1) is 10.1. The Hall–Kier alpha value is -1.36. The molecule has 1 fully saturated rings. The fraction of sp³-hybridized carbons (Fsp3) is 0.529. The van der Waals surface area contributed by atoms with Crippen LogP contribution in [0.3, 0.4) is 0 Å². The predicted molar refractivity (Wildman–Crippen MR) is 88.7 cm³/mol. The van der Waals surface area contributed by atoms with Crippen molar-refractivity contribution in [3.05, 3.63) is 34.3 Å². The van der Waals surface area contributed by atoms with E-state index in [2.05, 4.69) is 15.9 Å². The van der Waals surface area contributed by atoms with Gasteiger partial charge in [-0.25, -0.2) is 9.69 Å². The summed E-state index contributed by atoms with van der Waals surface area (Å²) < 4.78 is 6.32.